The fourth-order valence-electron chi connectivity index (χ4n) is 4.10. The molecule has 0 saturated heterocycles. The zero-order valence-corrected chi connectivity index (χ0v) is 39.7. The van der Waals surface area contributed by atoms with Gasteiger partial charge in [-0.3, -0.25) is 14.6 Å². The number of hydrogen-bond acceptors (Lipinski definition) is 17. The minimum absolute atomic E-state index is 0.00937. The standard InChI is InChI=1S/C14H13ClN4OS.C5H5ClN4S.C5H7ClN2S.C5H6ClNOS.C5H4ClNOS/c1-8(13-6-17-14(15)21-13)3-12(20)9-4-11-10(5-16-9)18-7-19(11)2;1-3(9-10-7)4-2-8-5(6)11-4;1-3(7)4-2-8-5(6)9-4;2*1-3(8)4-2-7-5(6)9-4/h4-8H,3H2,1-2H3;2-3H,1H3;2-3H,7H2,1H3;2-3,8H,1H3;2H,1H3. The molecule has 7 aromatic rings. The van der Waals surface area contributed by atoms with Gasteiger partial charge in [-0.15, -0.1) is 45.3 Å². The number of nitrogens with zero attached hydrogens (tertiary/aromatic N) is 11. The topological polar surface area (TPSA) is 224 Å². The zero-order chi connectivity index (χ0) is 43.8. The highest BCUT2D eigenvalue weighted by molar-refractivity contribution is 7.17. The fourth-order valence-corrected chi connectivity index (χ4v) is 8.68. The van der Waals surface area contributed by atoms with Gasteiger partial charge in [-0.2, -0.15) is 0 Å². The van der Waals surface area contributed by atoms with E-state index >= 15 is 0 Å². The predicted molar refractivity (Wildman–Crippen MR) is 242 cm³/mol. The van der Waals surface area contributed by atoms with Crippen LogP contribution in [-0.4, -0.2) is 56.1 Å². The van der Waals surface area contributed by atoms with Gasteiger partial charge in [-0.25, -0.2) is 29.9 Å². The summed E-state index contributed by atoms with van der Waals surface area (Å²) in [5, 5.41) is 12.4. The smallest absolute Gasteiger partial charge is 0.184 e. The maximum absolute atomic E-state index is 12.4. The third-order valence-corrected chi connectivity index (χ3v) is 13.6. The number of fused-ring (bicyclic) bond motifs is 1. The van der Waals surface area contributed by atoms with Crippen LogP contribution in [-0.2, 0) is 7.05 Å². The van der Waals surface area contributed by atoms with Crippen molar-refractivity contribution in [3.05, 3.63) is 112 Å². The summed E-state index contributed by atoms with van der Waals surface area (Å²) in [7, 11) is 1.89. The van der Waals surface area contributed by atoms with E-state index in [4.69, 9.17) is 74.4 Å². The summed E-state index contributed by atoms with van der Waals surface area (Å²) >= 11 is 34.6. The molecule has 314 valence electrons. The monoisotopic (exact) mass is 994 g/mol. The van der Waals surface area contributed by atoms with Crippen molar-refractivity contribution in [3.63, 3.8) is 0 Å². The number of aryl methyl sites for hydroxylation is 1. The maximum Gasteiger partial charge on any atom is 0.184 e. The van der Waals surface area contributed by atoms with Crippen molar-refractivity contribution in [1.82, 2.24) is 39.5 Å². The Labute approximate surface area is 383 Å². The molecular formula is C34H35Cl5N12O3S5. The number of azide groups is 1. The number of rotatable bonds is 9. The van der Waals surface area contributed by atoms with Crippen LogP contribution in [0.4, 0.5) is 0 Å². The van der Waals surface area contributed by atoms with E-state index in [0.29, 0.717) is 39.3 Å². The summed E-state index contributed by atoms with van der Waals surface area (Å²) in [5.41, 5.74) is 15.8. The van der Waals surface area contributed by atoms with Crippen LogP contribution in [0.3, 0.4) is 0 Å². The van der Waals surface area contributed by atoms with Crippen molar-refractivity contribution in [1.29, 1.82) is 0 Å². The first-order valence-corrected chi connectivity index (χ1v) is 22.7. The SMILES string of the molecule is CC(=O)c1cnc(Cl)s1.CC(CC(=O)c1cc2c(cn1)ncn2C)c1cnc(Cl)s1.CC(N)c1cnc(Cl)s1.CC(N=[N+]=[N-])c1cnc(Cl)s1.CC(O)c1cnc(Cl)s1. The zero-order valence-electron chi connectivity index (χ0n) is 31.8. The number of aromatic nitrogens is 8. The summed E-state index contributed by atoms with van der Waals surface area (Å²) in [6.07, 6.45) is 11.4. The number of aliphatic hydroxyl groups is 1. The molecule has 0 radical (unpaired) electrons. The Morgan fingerprint density at radius 1 is 0.763 bits per heavy atom. The van der Waals surface area contributed by atoms with Crippen LogP contribution in [0, 0.1) is 0 Å². The average molecular weight is 997 g/mol. The number of aliphatic hydroxyl groups excluding tert-OH is 1. The van der Waals surface area contributed by atoms with Gasteiger partial charge in [0, 0.05) is 70.8 Å². The molecule has 0 saturated carbocycles. The lowest BCUT2D eigenvalue weighted by Crippen LogP contribution is -2.06. The molecule has 0 aliphatic rings. The molecule has 0 aliphatic heterocycles. The first kappa shape index (κ1) is 50.1. The van der Waals surface area contributed by atoms with Crippen molar-refractivity contribution >= 4 is 137 Å². The van der Waals surface area contributed by atoms with Gasteiger partial charge in [0.25, 0.3) is 0 Å². The first-order chi connectivity index (χ1) is 27.9. The predicted octanol–water partition coefficient (Wildman–Crippen LogP) is 12.3. The Bertz CT molecular complexity index is 2410. The summed E-state index contributed by atoms with van der Waals surface area (Å²) in [4.78, 5) is 57.5. The molecule has 0 bridgehead atoms. The maximum atomic E-state index is 12.4. The Balaban J connectivity index is 0.000000210. The van der Waals surface area contributed by atoms with E-state index in [0.717, 1.165) is 30.5 Å². The van der Waals surface area contributed by atoms with E-state index in [1.807, 2.05) is 25.5 Å². The van der Waals surface area contributed by atoms with Gasteiger partial charge in [0.15, 0.2) is 33.9 Å². The normalized spacial score (nSPS) is 12.4. The number of Topliss-reactive ketones (excluding diaryl/α,β-unsaturated/α-hetero) is 2. The van der Waals surface area contributed by atoms with Crippen LogP contribution in [0.2, 0.25) is 22.3 Å². The van der Waals surface area contributed by atoms with Gasteiger partial charge in [0.2, 0.25) is 0 Å². The second-order valence-corrected chi connectivity index (χ2v) is 20.1. The second kappa shape index (κ2) is 24.9. The van der Waals surface area contributed by atoms with Gasteiger partial charge in [0.05, 0.1) is 46.1 Å². The molecule has 7 aromatic heterocycles. The Hall–Kier alpha value is -3.21. The van der Waals surface area contributed by atoms with Crippen LogP contribution < -0.4 is 5.73 Å². The Morgan fingerprint density at radius 3 is 1.64 bits per heavy atom. The van der Waals surface area contributed by atoms with E-state index in [2.05, 4.69) is 44.9 Å². The summed E-state index contributed by atoms with van der Waals surface area (Å²) in [6, 6.07) is 1.66. The number of carbonyl (C=O) groups is 2. The third-order valence-electron chi connectivity index (χ3n) is 7.18. The quantitative estimate of drug-likeness (QED) is 0.0598. The number of pyridine rings is 1. The van der Waals surface area contributed by atoms with E-state index in [-0.39, 0.29) is 29.6 Å². The number of halogens is 5. The van der Waals surface area contributed by atoms with Gasteiger partial charge in [0.1, 0.15) is 11.2 Å². The number of hydrogen-bond donors (Lipinski definition) is 2. The van der Waals surface area contributed by atoms with Gasteiger partial charge in [-0.1, -0.05) is 88.3 Å². The van der Waals surface area contributed by atoms with Crippen LogP contribution >= 0.6 is 115 Å². The van der Waals surface area contributed by atoms with Crippen LogP contribution in [0.1, 0.15) is 105 Å². The van der Waals surface area contributed by atoms with Crippen LogP contribution in [0.25, 0.3) is 21.5 Å². The minimum atomic E-state index is -0.449. The molecule has 0 aliphatic carbocycles. The molecule has 4 atom stereocenters. The molecule has 7 rings (SSSR count). The summed E-state index contributed by atoms with van der Waals surface area (Å²) in [5.74, 6) is 0.0982. The molecule has 0 fully saturated rings. The Morgan fingerprint density at radius 2 is 1.25 bits per heavy atom. The van der Waals surface area contributed by atoms with Crippen molar-refractivity contribution in [2.75, 3.05) is 0 Å². The number of thiazole rings is 5. The van der Waals surface area contributed by atoms with Crippen molar-refractivity contribution in [2.24, 2.45) is 17.9 Å². The summed E-state index contributed by atoms with van der Waals surface area (Å²) < 4.78 is 4.30. The molecule has 0 aromatic carbocycles. The molecule has 4 unspecified atom stereocenters. The second-order valence-electron chi connectivity index (χ2n) is 11.9. The van der Waals surface area contributed by atoms with E-state index in [1.54, 1.807) is 57.2 Å². The molecule has 15 nitrogen and oxygen atoms in total. The molecule has 3 N–H and O–H groups in total. The van der Waals surface area contributed by atoms with Gasteiger partial charge in [-0.05, 0) is 31.4 Å². The lowest BCUT2D eigenvalue weighted by molar-refractivity contribution is 0.0970. The molecule has 0 spiro atoms. The third kappa shape index (κ3) is 17.0. The first-order valence-electron chi connectivity index (χ1n) is 16.7. The lowest BCUT2D eigenvalue weighted by atomic mass is 10.0. The molecular weight excluding hydrogens is 962 g/mol. The highest BCUT2D eigenvalue weighted by atomic mass is 35.5. The number of nitrogens with two attached hydrogens (primary N) is 1. The molecule has 7 heterocycles. The number of imidazole rings is 1. The molecule has 25 heteroatoms. The number of carbonyl (C=O) groups excluding carboxylic acids is 2. The van der Waals surface area contributed by atoms with E-state index < -0.39 is 6.10 Å². The Kier molecular flexibility index (Phi) is 21.2. The minimum Gasteiger partial charge on any atom is -0.388 e. The largest absolute Gasteiger partial charge is 0.388 e. The molecule has 0 amide bonds. The fraction of sp³-hybridized carbons (Fsp3) is 0.324. The van der Waals surface area contributed by atoms with Crippen molar-refractivity contribution in [2.45, 2.75) is 65.1 Å². The highest BCUT2D eigenvalue weighted by Gasteiger charge is 2.17. The average Bonchev–Trinajstić information content (AvgIpc) is 4.05. The van der Waals surface area contributed by atoms with E-state index in [1.165, 1.54) is 69.8 Å². The highest BCUT2D eigenvalue weighted by Crippen LogP contribution is 2.29. The summed E-state index contributed by atoms with van der Waals surface area (Å²) in [6.45, 7) is 8.87. The van der Waals surface area contributed by atoms with Crippen molar-refractivity contribution in [3.8, 4) is 0 Å². The van der Waals surface area contributed by atoms with E-state index in [9.17, 15) is 9.59 Å². The lowest BCUT2D eigenvalue weighted by Gasteiger charge is -2.07. The van der Waals surface area contributed by atoms with Crippen LogP contribution in [0.5, 0.6) is 0 Å². The van der Waals surface area contributed by atoms with Crippen LogP contribution in [0.15, 0.2) is 54.7 Å². The van der Waals surface area contributed by atoms with Gasteiger partial charge >= 0.3 is 0 Å². The molecule has 59 heavy (non-hydrogen) atoms. The van der Waals surface area contributed by atoms with Gasteiger partial charge < -0.3 is 15.4 Å². The number of ketones is 2. The van der Waals surface area contributed by atoms with Crippen molar-refractivity contribution < 1.29 is 14.7 Å².